The first kappa shape index (κ1) is 22.2. The Hall–Kier alpha value is -2.05. The van der Waals surface area contributed by atoms with E-state index in [1.54, 1.807) is 31.4 Å². The number of halogens is 4. The second-order valence-corrected chi connectivity index (χ2v) is 9.53. The summed E-state index contributed by atoms with van der Waals surface area (Å²) < 4.78 is 54.9. The predicted molar refractivity (Wildman–Crippen MR) is 116 cm³/mol. The molecule has 2 aromatic carbocycles. The molecule has 3 nitrogen and oxygen atoms in total. The molecular formula is C24H25ClF3NO2. The summed E-state index contributed by atoms with van der Waals surface area (Å²) in [5, 5.41) is 0.196. The van der Waals surface area contributed by atoms with Gasteiger partial charge in [0.15, 0.2) is 5.58 Å². The first-order chi connectivity index (χ1) is 14.5. The van der Waals surface area contributed by atoms with Crippen molar-refractivity contribution in [1.82, 2.24) is 4.98 Å². The van der Waals surface area contributed by atoms with E-state index in [4.69, 9.17) is 20.8 Å². The van der Waals surface area contributed by atoms with Gasteiger partial charge in [0.25, 0.3) is 0 Å². The van der Waals surface area contributed by atoms with Gasteiger partial charge in [-0.1, -0.05) is 57.0 Å². The van der Waals surface area contributed by atoms with Crippen LogP contribution in [0.4, 0.5) is 13.2 Å². The molecule has 1 aliphatic rings. The summed E-state index contributed by atoms with van der Waals surface area (Å²) in [5.74, 6) is 0.130. The highest BCUT2D eigenvalue weighted by Gasteiger charge is 2.41. The molecule has 0 aliphatic heterocycles. The van der Waals surface area contributed by atoms with E-state index in [-0.39, 0.29) is 39.3 Å². The van der Waals surface area contributed by atoms with Gasteiger partial charge in [0.2, 0.25) is 5.89 Å². The lowest BCUT2D eigenvalue weighted by Crippen LogP contribution is -2.20. The highest BCUT2D eigenvalue weighted by molar-refractivity contribution is 6.34. The third-order valence-electron chi connectivity index (χ3n) is 5.95. The molecular weight excluding hydrogens is 427 g/mol. The Morgan fingerprint density at radius 3 is 2.48 bits per heavy atom. The highest BCUT2D eigenvalue weighted by atomic mass is 35.5. The Labute approximate surface area is 184 Å². The van der Waals surface area contributed by atoms with Crippen LogP contribution in [-0.2, 0) is 16.3 Å². The van der Waals surface area contributed by atoms with Crippen LogP contribution < -0.4 is 0 Å². The lowest BCUT2D eigenvalue weighted by atomic mass is 9.86. The fourth-order valence-corrected chi connectivity index (χ4v) is 4.76. The fraction of sp³-hybridized carbons (Fsp3) is 0.458. The number of hydrogen-bond acceptors (Lipinski definition) is 3. The molecule has 2 atom stereocenters. The summed E-state index contributed by atoms with van der Waals surface area (Å²) in [6.45, 7) is 5.81. The van der Waals surface area contributed by atoms with Crippen molar-refractivity contribution in [3.63, 3.8) is 0 Å². The Kier molecular flexibility index (Phi) is 5.59. The molecule has 0 N–H and O–H groups in total. The van der Waals surface area contributed by atoms with Gasteiger partial charge in [0.1, 0.15) is 5.52 Å². The van der Waals surface area contributed by atoms with Crippen LogP contribution in [0.2, 0.25) is 5.02 Å². The number of fused-ring (bicyclic) bond motifs is 1. The maximum Gasteiger partial charge on any atom is 0.417 e. The van der Waals surface area contributed by atoms with Crippen LogP contribution in [0.25, 0.3) is 22.2 Å². The molecule has 7 heteroatoms. The van der Waals surface area contributed by atoms with Crippen LogP contribution >= 0.6 is 11.6 Å². The predicted octanol–water partition coefficient (Wildman–Crippen LogP) is 7.75. The Balaban J connectivity index is 2.01. The summed E-state index contributed by atoms with van der Waals surface area (Å²) in [7, 11) is 1.56. The van der Waals surface area contributed by atoms with Crippen LogP contribution in [0.1, 0.15) is 63.0 Å². The smallest absolute Gasteiger partial charge is 0.417 e. The molecule has 166 valence electrons. The van der Waals surface area contributed by atoms with E-state index in [9.17, 15) is 13.2 Å². The van der Waals surface area contributed by atoms with Crippen LogP contribution in [0.15, 0.2) is 34.7 Å². The molecule has 1 aromatic heterocycles. The van der Waals surface area contributed by atoms with Crippen molar-refractivity contribution in [3.05, 3.63) is 52.4 Å². The fourth-order valence-electron chi connectivity index (χ4n) is 4.51. The van der Waals surface area contributed by atoms with Crippen LogP contribution in [0.5, 0.6) is 0 Å². The van der Waals surface area contributed by atoms with Crippen molar-refractivity contribution < 1.29 is 22.3 Å². The number of ether oxygens (including phenoxy) is 1. The molecule has 1 aliphatic carbocycles. The third kappa shape index (κ3) is 3.96. The topological polar surface area (TPSA) is 35.3 Å². The summed E-state index contributed by atoms with van der Waals surface area (Å²) in [4.78, 5) is 4.50. The molecule has 1 saturated carbocycles. The van der Waals surface area contributed by atoms with E-state index in [0.29, 0.717) is 17.8 Å². The van der Waals surface area contributed by atoms with Crippen molar-refractivity contribution in [2.45, 2.75) is 63.6 Å². The van der Waals surface area contributed by atoms with Crippen molar-refractivity contribution in [2.75, 3.05) is 7.11 Å². The zero-order valence-electron chi connectivity index (χ0n) is 17.9. The monoisotopic (exact) mass is 451 g/mol. The van der Waals surface area contributed by atoms with E-state index in [2.05, 4.69) is 4.98 Å². The number of aromatic nitrogens is 1. The summed E-state index contributed by atoms with van der Waals surface area (Å²) in [6.07, 6.45) is -2.57. The van der Waals surface area contributed by atoms with Gasteiger partial charge in [-0.2, -0.15) is 13.2 Å². The average molecular weight is 452 g/mol. The number of alkyl halides is 3. The minimum atomic E-state index is -4.56. The van der Waals surface area contributed by atoms with E-state index in [0.717, 1.165) is 12.8 Å². The molecule has 0 amide bonds. The molecule has 0 unspecified atom stereocenters. The third-order valence-corrected chi connectivity index (χ3v) is 6.27. The minimum Gasteiger partial charge on any atom is -0.439 e. The molecule has 4 rings (SSSR count). The molecule has 3 aromatic rings. The second kappa shape index (κ2) is 7.82. The Bertz CT molecular complexity index is 1110. The van der Waals surface area contributed by atoms with Crippen molar-refractivity contribution >= 4 is 22.7 Å². The summed E-state index contributed by atoms with van der Waals surface area (Å²) in [6, 6.07) is 7.93. The lowest BCUT2D eigenvalue weighted by Gasteiger charge is -2.25. The minimum absolute atomic E-state index is 0.0129. The number of methoxy groups -OCH3 is 1. The highest BCUT2D eigenvalue weighted by Crippen LogP contribution is 2.49. The second-order valence-electron chi connectivity index (χ2n) is 9.12. The van der Waals surface area contributed by atoms with Crippen molar-refractivity contribution in [3.8, 4) is 11.1 Å². The van der Waals surface area contributed by atoms with E-state index >= 15 is 0 Å². The van der Waals surface area contributed by atoms with Crippen molar-refractivity contribution in [1.29, 1.82) is 0 Å². The molecule has 31 heavy (non-hydrogen) atoms. The number of nitrogens with zero attached hydrogens (tertiary/aromatic N) is 1. The molecule has 0 spiro atoms. The molecule has 1 fully saturated rings. The zero-order chi connectivity index (χ0) is 22.6. The van der Waals surface area contributed by atoms with Gasteiger partial charge in [-0.25, -0.2) is 4.98 Å². The van der Waals surface area contributed by atoms with Gasteiger partial charge < -0.3 is 9.15 Å². The van der Waals surface area contributed by atoms with Crippen LogP contribution in [0.3, 0.4) is 0 Å². The maximum atomic E-state index is 14.5. The molecule has 0 saturated heterocycles. The van der Waals surface area contributed by atoms with Gasteiger partial charge in [-0.15, -0.1) is 0 Å². The van der Waals surface area contributed by atoms with E-state index < -0.39 is 17.2 Å². The van der Waals surface area contributed by atoms with E-state index in [1.165, 1.54) is 6.07 Å². The van der Waals surface area contributed by atoms with Crippen LogP contribution in [-0.4, -0.2) is 18.2 Å². The summed E-state index contributed by atoms with van der Waals surface area (Å²) >= 11 is 6.47. The number of rotatable bonds is 3. The van der Waals surface area contributed by atoms with Gasteiger partial charge in [-0.3, -0.25) is 0 Å². The largest absolute Gasteiger partial charge is 0.439 e. The van der Waals surface area contributed by atoms with Gasteiger partial charge >= 0.3 is 6.18 Å². The number of hydrogen-bond donors (Lipinski definition) is 0. The lowest BCUT2D eigenvalue weighted by molar-refractivity contribution is -0.138. The van der Waals surface area contributed by atoms with Crippen molar-refractivity contribution in [2.24, 2.45) is 0 Å². The standard InChI is InChI=1S/C24H25ClF3NO2/c1-23(2,3)22-29-17-12-11-16(25)19(21(17)31-22)15-9-5-8-14(20(15)24(26,27)28)13-7-6-10-18(13)30-4/h5,8-9,11-13,18H,6-7,10H2,1-4H3/t13-,18+/m0/s1. The SMILES string of the molecule is CO[C@@H]1CCC[C@H]1c1cccc(-c2c(Cl)ccc3nc(C(C)(C)C)oc23)c1C(F)(F)F. The van der Waals surface area contributed by atoms with Crippen LogP contribution in [0, 0.1) is 0 Å². The quantitative estimate of drug-likeness (QED) is 0.408. The molecule has 0 radical (unpaired) electrons. The van der Waals surface area contributed by atoms with Gasteiger partial charge in [0, 0.05) is 24.0 Å². The first-order valence-electron chi connectivity index (χ1n) is 10.3. The molecule has 0 bridgehead atoms. The maximum absolute atomic E-state index is 14.5. The van der Waals surface area contributed by atoms with E-state index in [1.807, 2.05) is 20.8 Å². The Morgan fingerprint density at radius 1 is 1.10 bits per heavy atom. The number of oxazole rings is 1. The molecule has 1 heterocycles. The zero-order valence-corrected chi connectivity index (χ0v) is 18.7. The summed E-state index contributed by atoms with van der Waals surface area (Å²) in [5.41, 5.74) is 0.174. The first-order valence-corrected chi connectivity index (χ1v) is 10.7. The average Bonchev–Trinajstić information content (AvgIpc) is 3.33. The number of benzene rings is 2. The normalized spacial score (nSPS) is 20.0. The van der Waals surface area contributed by atoms with Gasteiger partial charge in [-0.05, 0) is 36.1 Å². The Morgan fingerprint density at radius 2 is 1.84 bits per heavy atom. The van der Waals surface area contributed by atoms with Gasteiger partial charge in [0.05, 0.1) is 16.7 Å².